The first-order chi connectivity index (χ1) is 11.5. The van der Waals surface area contributed by atoms with Gasteiger partial charge in [0.2, 0.25) is 5.91 Å². The van der Waals surface area contributed by atoms with Crippen molar-refractivity contribution >= 4 is 28.9 Å². The maximum absolute atomic E-state index is 12.9. The van der Waals surface area contributed by atoms with Crippen LogP contribution >= 0.6 is 11.6 Å². The highest BCUT2D eigenvalue weighted by Crippen LogP contribution is 2.32. The van der Waals surface area contributed by atoms with Gasteiger partial charge in [-0.1, -0.05) is 11.6 Å². The van der Waals surface area contributed by atoms with E-state index in [-0.39, 0.29) is 17.7 Å². The average Bonchev–Trinajstić information content (AvgIpc) is 3.15. The number of hydrogen-bond acceptors (Lipinski definition) is 4. The normalized spacial score (nSPS) is 20.2. The molecular formula is C17H22ClN5O. The second-order valence-corrected chi connectivity index (χ2v) is 6.80. The molecule has 24 heavy (non-hydrogen) atoms. The van der Waals surface area contributed by atoms with Crippen LogP contribution in [-0.4, -0.2) is 42.9 Å². The minimum Gasteiger partial charge on any atom is -0.376 e. The third kappa shape index (κ3) is 3.39. The van der Waals surface area contributed by atoms with E-state index >= 15 is 0 Å². The van der Waals surface area contributed by atoms with Gasteiger partial charge in [0.15, 0.2) is 0 Å². The second kappa shape index (κ2) is 6.83. The molecule has 1 amide bonds. The third-order valence-electron chi connectivity index (χ3n) is 4.40. The summed E-state index contributed by atoms with van der Waals surface area (Å²) in [6.45, 7) is 1.43. The first-order valence-corrected chi connectivity index (χ1v) is 8.30. The van der Waals surface area contributed by atoms with Crippen LogP contribution in [0.4, 0.5) is 11.4 Å². The number of aromatic nitrogens is 2. The molecule has 1 fully saturated rings. The van der Waals surface area contributed by atoms with Crippen LogP contribution in [0.2, 0.25) is 5.02 Å². The number of benzene rings is 1. The van der Waals surface area contributed by atoms with Crippen molar-refractivity contribution in [1.82, 2.24) is 15.1 Å². The first-order valence-electron chi connectivity index (χ1n) is 7.92. The molecular weight excluding hydrogens is 326 g/mol. The van der Waals surface area contributed by atoms with Crippen LogP contribution in [0.3, 0.4) is 0 Å². The van der Waals surface area contributed by atoms with Crippen LogP contribution in [0.15, 0.2) is 30.6 Å². The Kier molecular flexibility index (Phi) is 4.78. The van der Waals surface area contributed by atoms with Gasteiger partial charge in [0.1, 0.15) is 0 Å². The molecule has 3 rings (SSSR count). The molecule has 2 N–H and O–H groups in total. The molecule has 2 atom stereocenters. The van der Waals surface area contributed by atoms with Crippen molar-refractivity contribution in [2.45, 2.75) is 5.92 Å². The molecule has 1 aliphatic rings. The van der Waals surface area contributed by atoms with Crippen LogP contribution in [0.1, 0.15) is 11.5 Å². The molecule has 1 aromatic heterocycles. The van der Waals surface area contributed by atoms with Gasteiger partial charge in [-0.25, -0.2) is 0 Å². The number of nitrogens with one attached hydrogen (secondary N) is 2. The predicted octanol–water partition coefficient (Wildman–Crippen LogP) is 2.08. The molecule has 1 aliphatic heterocycles. The van der Waals surface area contributed by atoms with Crippen molar-refractivity contribution in [3.63, 3.8) is 0 Å². The minimum absolute atomic E-state index is 0.000722. The lowest BCUT2D eigenvalue weighted by Crippen LogP contribution is -2.28. The predicted molar refractivity (Wildman–Crippen MR) is 96.7 cm³/mol. The number of aryl methyl sites for hydroxylation is 1. The molecule has 7 heteroatoms. The van der Waals surface area contributed by atoms with E-state index < -0.39 is 0 Å². The number of carbonyl (C=O) groups is 1. The van der Waals surface area contributed by atoms with E-state index in [0.29, 0.717) is 11.6 Å². The summed E-state index contributed by atoms with van der Waals surface area (Å²) in [7, 11) is 5.76. The van der Waals surface area contributed by atoms with Gasteiger partial charge in [-0.15, -0.1) is 0 Å². The Morgan fingerprint density at radius 2 is 2.21 bits per heavy atom. The number of amides is 1. The molecule has 0 bridgehead atoms. The van der Waals surface area contributed by atoms with E-state index in [4.69, 9.17) is 11.6 Å². The van der Waals surface area contributed by atoms with Crippen LogP contribution in [0, 0.1) is 5.92 Å². The maximum Gasteiger partial charge on any atom is 0.229 e. The Morgan fingerprint density at radius 1 is 1.42 bits per heavy atom. The molecule has 1 aromatic carbocycles. The lowest BCUT2D eigenvalue weighted by atomic mass is 9.90. The van der Waals surface area contributed by atoms with Crippen LogP contribution in [0.25, 0.3) is 0 Å². The SMILES string of the molecule is CN(C)c1ccc(Cl)cc1NC(=O)[C@H]1CNC[C@@H]1c1cnn(C)c1. The Labute approximate surface area is 146 Å². The fourth-order valence-corrected chi connectivity index (χ4v) is 3.33. The molecule has 0 aliphatic carbocycles. The quantitative estimate of drug-likeness (QED) is 0.889. The van der Waals surface area contributed by atoms with Crippen molar-refractivity contribution in [3.05, 3.63) is 41.2 Å². The number of nitrogens with zero attached hydrogens (tertiary/aromatic N) is 3. The summed E-state index contributed by atoms with van der Waals surface area (Å²) >= 11 is 6.10. The number of rotatable bonds is 4. The number of anilines is 2. The van der Waals surface area contributed by atoms with Gasteiger partial charge in [-0.05, 0) is 23.8 Å². The Morgan fingerprint density at radius 3 is 2.88 bits per heavy atom. The smallest absolute Gasteiger partial charge is 0.229 e. The van der Waals surface area contributed by atoms with Crippen molar-refractivity contribution in [2.75, 3.05) is 37.4 Å². The highest BCUT2D eigenvalue weighted by atomic mass is 35.5. The van der Waals surface area contributed by atoms with E-state index in [2.05, 4.69) is 15.7 Å². The summed E-state index contributed by atoms with van der Waals surface area (Å²) in [4.78, 5) is 14.8. The van der Waals surface area contributed by atoms with Gasteiger partial charge in [-0.3, -0.25) is 9.48 Å². The summed E-state index contributed by atoms with van der Waals surface area (Å²) in [5, 5.41) is 11.2. The lowest BCUT2D eigenvalue weighted by molar-refractivity contribution is -0.119. The van der Waals surface area contributed by atoms with Crippen molar-refractivity contribution in [1.29, 1.82) is 0 Å². The van der Waals surface area contributed by atoms with E-state index in [1.807, 2.05) is 50.6 Å². The summed E-state index contributed by atoms with van der Waals surface area (Å²) in [5.74, 6) is -0.0110. The van der Waals surface area contributed by atoms with Crippen molar-refractivity contribution in [3.8, 4) is 0 Å². The fourth-order valence-electron chi connectivity index (χ4n) is 3.16. The maximum atomic E-state index is 12.9. The van der Waals surface area contributed by atoms with Gasteiger partial charge in [0.05, 0.1) is 23.5 Å². The van der Waals surface area contributed by atoms with E-state index in [1.165, 1.54) is 0 Å². The van der Waals surface area contributed by atoms with Crippen molar-refractivity contribution < 1.29 is 4.79 Å². The van der Waals surface area contributed by atoms with E-state index in [9.17, 15) is 4.79 Å². The summed E-state index contributed by atoms with van der Waals surface area (Å²) in [5.41, 5.74) is 2.74. The third-order valence-corrected chi connectivity index (χ3v) is 4.64. The highest BCUT2D eigenvalue weighted by Gasteiger charge is 2.35. The monoisotopic (exact) mass is 347 g/mol. The number of hydrogen-bond donors (Lipinski definition) is 2. The average molecular weight is 348 g/mol. The Balaban J connectivity index is 1.81. The highest BCUT2D eigenvalue weighted by molar-refractivity contribution is 6.31. The minimum atomic E-state index is -0.136. The standard InChI is InChI=1S/C17H22ClN5O/c1-22(2)16-5-4-12(18)6-15(16)21-17(24)14-9-19-8-13(14)11-7-20-23(3)10-11/h4-7,10,13-14,19H,8-9H2,1-3H3,(H,21,24)/t13-,14+/m1/s1. The Hall–Kier alpha value is -2.05. The van der Waals surface area contributed by atoms with Gasteiger partial charge in [-0.2, -0.15) is 5.10 Å². The van der Waals surface area contributed by atoms with Gasteiger partial charge in [0, 0.05) is 51.4 Å². The van der Waals surface area contributed by atoms with Crippen LogP contribution in [-0.2, 0) is 11.8 Å². The Bertz CT molecular complexity index is 742. The topological polar surface area (TPSA) is 62.2 Å². The van der Waals surface area contributed by atoms with Gasteiger partial charge in [0.25, 0.3) is 0 Å². The molecule has 6 nitrogen and oxygen atoms in total. The zero-order chi connectivity index (χ0) is 17.3. The lowest BCUT2D eigenvalue weighted by Gasteiger charge is -2.21. The van der Waals surface area contributed by atoms with Gasteiger partial charge < -0.3 is 15.5 Å². The van der Waals surface area contributed by atoms with Crippen LogP contribution < -0.4 is 15.5 Å². The summed E-state index contributed by atoms with van der Waals surface area (Å²) in [6, 6.07) is 5.52. The van der Waals surface area contributed by atoms with Gasteiger partial charge >= 0.3 is 0 Å². The number of carbonyl (C=O) groups excluding carboxylic acids is 1. The second-order valence-electron chi connectivity index (χ2n) is 6.36. The summed E-state index contributed by atoms with van der Waals surface area (Å²) < 4.78 is 1.77. The van der Waals surface area contributed by atoms with Crippen LogP contribution in [0.5, 0.6) is 0 Å². The summed E-state index contributed by atoms with van der Waals surface area (Å²) in [6.07, 6.45) is 3.81. The fraction of sp³-hybridized carbons (Fsp3) is 0.412. The van der Waals surface area contributed by atoms with E-state index in [1.54, 1.807) is 10.7 Å². The molecule has 1 saturated heterocycles. The first kappa shape index (κ1) is 16.8. The van der Waals surface area contributed by atoms with Crippen molar-refractivity contribution in [2.24, 2.45) is 13.0 Å². The largest absolute Gasteiger partial charge is 0.376 e. The molecule has 0 radical (unpaired) electrons. The zero-order valence-electron chi connectivity index (χ0n) is 14.1. The molecule has 0 unspecified atom stereocenters. The molecule has 0 saturated carbocycles. The molecule has 0 spiro atoms. The molecule has 128 valence electrons. The van der Waals surface area contributed by atoms with E-state index in [0.717, 1.165) is 23.5 Å². The number of halogens is 1. The zero-order valence-corrected chi connectivity index (χ0v) is 14.8. The molecule has 2 heterocycles. The molecule has 2 aromatic rings.